The Hall–Kier alpha value is -0.470. The van der Waals surface area contributed by atoms with Crippen LogP contribution in [0.3, 0.4) is 0 Å². The van der Waals surface area contributed by atoms with Gasteiger partial charge >= 0.3 is 0 Å². The Morgan fingerprint density at radius 1 is 1.38 bits per heavy atom. The smallest absolute Gasteiger partial charge is 0.0263 e. The van der Waals surface area contributed by atoms with Gasteiger partial charge in [-0.05, 0) is 44.4 Å². The molecule has 0 radical (unpaired) electrons. The first kappa shape index (κ1) is 10.7. The molecule has 2 unspecified atom stereocenters. The molecule has 1 nitrogen and oxygen atoms in total. The Kier molecular flexibility index (Phi) is 2.95. The second-order valence-corrected chi connectivity index (χ2v) is 6.38. The molecule has 0 aliphatic carbocycles. The number of thioether (sulfide) groups is 1. The molecule has 0 N–H and O–H groups in total. The third-order valence-corrected chi connectivity index (χ3v) is 5.14. The molecule has 3 rings (SSSR count). The minimum atomic E-state index is 0.790. The summed E-state index contributed by atoms with van der Waals surface area (Å²) in [6.45, 7) is 4.97. The van der Waals surface area contributed by atoms with E-state index >= 15 is 0 Å². The van der Waals surface area contributed by atoms with Crippen molar-refractivity contribution in [3.8, 4) is 0 Å². The number of hydrogen-bond acceptors (Lipinski definition) is 2. The topological polar surface area (TPSA) is 3.24 Å². The molecule has 2 heteroatoms. The summed E-state index contributed by atoms with van der Waals surface area (Å²) in [5.74, 6) is 0. The summed E-state index contributed by atoms with van der Waals surface area (Å²) in [6.07, 6.45) is 4.06. The molecule has 0 aromatic heterocycles. The molecule has 2 aliphatic rings. The second kappa shape index (κ2) is 4.42. The molecule has 0 amide bonds. The molecule has 1 fully saturated rings. The molecular formula is C14H19NS. The maximum absolute atomic E-state index is 2.67. The van der Waals surface area contributed by atoms with Crippen LogP contribution in [0.15, 0.2) is 29.2 Å². The van der Waals surface area contributed by atoms with Crippen molar-refractivity contribution in [2.45, 2.75) is 42.4 Å². The van der Waals surface area contributed by atoms with E-state index in [0.29, 0.717) is 0 Å². The summed E-state index contributed by atoms with van der Waals surface area (Å²) in [6, 6.07) is 9.69. The first-order chi connectivity index (χ1) is 7.83. The highest BCUT2D eigenvalue weighted by atomic mass is 32.2. The van der Waals surface area contributed by atoms with Crippen molar-refractivity contribution in [3.63, 3.8) is 0 Å². The second-order valence-electron chi connectivity index (χ2n) is 5.04. The first-order valence-corrected chi connectivity index (χ1v) is 7.19. The monoisotopic (exact) mass is 233 g/mol. The maximum atomic E-state index is 2.67. The number of fused-ring (bicyclic) bond motifs is 1. The highest BCUT2D eigenvalue weighted by molar-refractivity contribution is 8.00. The van der Waals surface area contributed by atoms with Gasteiger partial charge in [0.05, 0.1) is 0 Å². The van der Waals surface area contributed by atoms with Crippen molar-refractivity contribution in [2.24, 2.45) is 0 Å². The van der Waals surface area contributed by atoms with Gasteiger partial charge in [-0.2, -0.15) is 0 Å². The highest BCUT2D eigenvalue weighted by Crippen LogP contribution is 2.37. The largest absolute Gasteiger partial charge is 0.300 e. The fraction of sp³-hybridized carbons (Fsp3) is 0.571. The summed E-state index contributed by atoms with van der Waals surface area (Å²) in [7, 11) is 0. The van der Waals surface area contributed by atoms with E-state index in [2.05, 4.69) is 47.9 Å². The minimum absolute atomic E-state index is 0.790. The van der Waals surface area contributed by atoms with Crippen LogP contribution in [0.1, 0.15) is 25.3 Å². The van der Waals surface area contributed by atoms with Gasteiger partial charge in [-0.15, -0.1) is 11.8 Å². The van der Waals surface area contributed by atoms with E-state index < -0.39 is 0 Å². The van der Waals surface area contributed by atoms with Crippen LogP contribution in [0.4, 0.5) is 0 Å². The molecule has 16 heavy (non-hydrogen) atoms. The Labute approximate surface area is 102 Å². The van der Waals surface area contributed by atoms with Crippen molar-refractivity contribution in [1.29, 1.82) is 0 Å². The standard InChI is InChI=1S/C14H19NS/c1-11-5-4-8-15(11)10-13-9-12-6-2-3-7-14(12)16-13/h2-3,6-7,11,13H,4-5,8-10H2,1H3. The fourth-order valence-corrected chi connectivity index (χ4v) is 4.23. The van der Waals surface area contributed by atoms with Gasteiger partial charge < -0.3 is 0 Å². The van der Waals surface area contributed by atoms with Crippen molar-refractivity contribution >= 4 is 11.8 Å². The molecule has 0 bridgehead atoms. The van der Waals surface area contributed by atoms with Crippen LogP contribution in [-0.4, -0.2) is 29.3 Å². The average molecular weight is 233 g/mol. The van der Waals surface area contributed by atoms with E-state index in [9.17, 15) is 0 Å². The highest BCUT2D eigenvalue weighted by Gasteiger charge is 2.27. The van der Waals surface area contributed by atoms with Gasteiger partial charge in [-0.3, -0.25) is 4.90 Å². The Morgan fingerprint density at radius 2 is 2.25 bits per heavy atom. The molecule has 0 spiro atoms. The zero-order chi connectivity index (χ0) is 11.0. The summed E-state index contributed by atoms with van der Waals surface area (Å²) in [4.78, 5) is 4.18. The van der Waals surface area contributed by atoms with Gasteiger partial charge in [-0.25, -0.2) is 0 Å². The molecule has 2 aliphatic heterocycles. The van der Waals surface area contributed by atoms with Gasteiger partial charge in [0.1, 0.15) is 0 Å². The molecule has 86 valence electrons. The van der Waals surface area contributed by atoms with Gasteiger partial charge in [0.15, 0.2) is 0 Å². The summed E-state index contributed by atoms with van der Waals surface area (Å²) >= 11 is 2.08. The van der Waals surface area contributed by atoms with Crippen molar-refractivity contribution in [3.05, 3.63) is 29.8 Å². The summed E-state index contributed by atoms with van der Waals surface area (Å²) < 4.78 is 0. The molecule has 1 aromatic rings. The van der Waals surface area contributed by atoms with E-state index in [4.69, 9.17) is 0 Å². The third kappa shape index (κ3) is 2.01. The summed E-state index contributed by atoms with van der Waals surface area (Å²) in [5.41, 5.74) is 1.56. The van der Waals surface area contributed by atoms with Gasteiger partial charge in [0.25, 0.3) is 0 Å². The molecule has 1 saturated heterocycles. The van der Waals surface area contributed by atoms with Crippen LogP contribution in [0, 0.1) is 0 Å². The third-order valence-electron chi connectivity index (χ3n) is 3.84. The van der Waals surface area contributed by atoms with Gasteiger partial charge in [0, 0.05) is 22.7 Å². The predicted octanol–water partition coefficient (Wildman–Crippen LogP) is 3.19. The van der Waals surface area contributed by atoms with Crippen LogP contribution in [0.5, 0.6) is 0 Å². The lowest BCUT2D eigenvalue weighted by Gasteiger charge is -2.23. The zero-order valence-electron chi connectivity index (χ0n) is 9.86. The fourth-order valence-electron chi connectivity index (χ4n) is 2.88. The number of benzene rings is 1. The Balaban J connectivity index is 1.63. The number of likely N-dealkylation sites (tertiary alicyclic amines) is 1. The van der Waals surface area contributed by atoms with Crippen LogP contribution in [-0.2, 0) is 6.42 Å². The van der Waals surface area contributed by atoms with Gasteiger partial charge in [0.2, 0.25) is 0 Å². The van der Waals surface area contributed by atoms with Crippen LogP contribution < -0.4 is 0 Å². The van der Waals surface area contributed by atoms with E-state index in [1.54, 1.807) is 5.56 Å². The SMILES string of the molecule is CC1CCCN1CC1Cc2ccccc2S1. The number of rotatable bonds is 2. The number of nitrogens with zero attached hydrogens (tertiary/aromatic N) is 1. The number of hydrogen-bond donors (Lipinski definition) is 0. The van der Waals surface area contributed by atoms with E-state index in [0.717, 1.165) is 11.3 Å². The minimum Gasteiger partial charge on any atom is -0.300 e. The quantitative estimate of drug-likeness (QED) is 0.772. The van der Waals surface area contributed by atoms with E-state index in [-0.39, 0.29) is 0 Å². The predicted molar refractivity (Wildman–Crippen MR) is 70.1 cm³/mol. The maximum Gasteiger partial charge on any atom is 0.0263 e. The molecule has 0 saturated carbocycles. The first-order valence-electron chi connectivity index (χ1n) is 6.31. The molecule has 2 heterocycles. The van der Waals surface area contributed by atoms with Crippen LogP contribution in [0.25, 0.3) is 0 Å². The lowest BCUT2D eigenvalue weighted by atomic mass is 10.1. The van der Waals surface area contributed by atoms with E-state index in [1.165, 1.54) is 37.2 Å². The lowest BCUT2D eigenvalue weighted by Crippen LogP contribution is -2.33. The Bertz CT molecular complexity index is 352. The molecule has 1 aromatic carbocycles. The molecular weight excluding hydrogens is 214 g/mol. The Morgan fingerprint density at radius 3 is 3.00 bits per heavy atom. The zero-order valence-corrected chi connectivity index (χ0v) is 10.7. The lowest BCUT2D eigenvalue weighted by molar-refractivity contribution is 0.270. The van der Waals surface area contributed by atoms with Crippen LogP contribution in [0.2, 0.25) is 0 Å². The van der Waals surface area contributed by atoms with Crippen molar-refractivity contribution in [2.75, 3.05) is 13.1 Å². The van der Waals surface area contributed by atoms with Crippen molar-refractivity contribution in [1.82, 2.24) is 4.90 Å². The van der Waals surface area contributed by atoms with Gasteiger partial charge in [-0.1, -0.05) is 18.2 Å². The molecule has 2 atom stereocenters. The summed E-state index contributed by atoms with van der Waals surface area (Å²) in [5, 5.41) is 0.790. The van der Waals surface area contributed by atoms with Crippen molar-refractivity contribution < 1.29 is 0 Å². The normalized spacial score (nSPS) is 29.6. The van der Waals surface area contributed by atoms with Crippen LogP contribution >= 0.6 is 11.8 Å². The van der Waals surface area contributed by atoms with E-state index in [1.807, 2.05) is 0 Å². The average Bonchev–Trinajstić information content (AvgIpc) is 2.85.